The van der Waals surface area contributed by atoms with Gasteiger partial charge in [-0.3, -0.25) is 9.59 Å². The first-order valence-electron chi connectivity index (χ1n) is 13.8. The molecule has 2 N–H and O–H groups in total. The number of carbonyl (C=O) groups is 3. The molecule has 0 heterocycles. The van der Waals surface area contributed by atoms with E-state index in [-0.39, 0.29) is 17.9 Å². The molecule has 0 aromatic heterocycles. The number of rotatable bonds is 12. The first-order valence-corrected chi connectivity index (χ1v) is 13.8. The Labute approximate surface area is 227 Å². The van der Waals surface area contributed by atoms with E-state index in [1.165, 1.54) is 0 Å². The van der Waals surface area contributed by atoms with Crippen LogP contribution in [0.15, 0.2) is 54.6 Å². The summed E-state index contributed by atoms with van der Waals surface area (Å²) >= 11 is 0. The Kier molecular flexibility index (Phi) is 10.3. The molecule has 3 amide bonds. The Balaban J connectivity index is 1.97. The lowest BCUT2D eigenvalue weighted by Gasteiger charge is -2.35. The van der Waals surface area contributed by atoms with Crippen LogP contribution in [-0.2, 0) is 27.2 Å². The van der Waals surface area contributed by atoms with Crippen LogP contribution < -0.4 is 10.6 Å². The average Bonchev–Trinajstić information content (AvgIpc) is 3.71. The van der Waals surface area contributed by atoms with Gasteiger partial charge >= 0.3 is 6.09 Å². The summed E-state index contributed by atoms with van der Waals surface area (Å²) in [5.74, 6) is -0.476. The first kappa shape index (κ1) is 29.2. The van der Waals surface area contributed by atoms with Gasteiger partial charge in [-0.2, -0.15) is 0 Å². The number of hydrogen-bond acceptors (Lipinski definition) is 4. The third-order valence-electron chi connectivity index (χ3n) is 6.53. The SMILES string of the molecule is CCCCNC(=O)C(c1ccc(CC)cc1)N(C(=O)C(Cc1ccccc1)NC(=O)OC(C)(C)C)C1CC1. The quantitative estimate of drug-likeness (QED) is 0.370. The van der Waals surface area contributed by atoms with E-state index in [2.05, 4.69) is 24.5 Å². The molecule has 0 aliphatic heterocycles. The first-order chi connectivity index (χ1) is 18.1. The van der Waals surface area contributed by atoms with E-state index in [0.717, 1.165) is 48.8 Å². The molecule has 2 atom stereocenters. The molecule has 3 rings (SSSR count). The van der Waals surface area contributed by atoms with Crippen LogP contribution in [0.1, 0.15) is 83.0 Å². The molecule has 2 aromatic rings. The summed E-state index contributed by atoms with van der Waals surface area (Å²) < 4.78 is 5.50. The average molecular weight is 522 g/mol. The molecule has 206 valence electrons. The van der Waals surface area contributed by atoms with Gasteiger partial charge in [-0.1, -0.05) is 74.9 Å². The minimum absolute atomic E-state index is 0.0611. The highest BCUT2D eigenvalue weighted by atomic mass is 16.6. The second kappa shape index (κ2) is 13.4. The maximum absolute atomic E-state index is 14.3. The summed E-state index contributed by atoms with van der Waals surface area (Å²) in [5.41, 5.74) is 2.14. The maximum Gasteiger partial charge on any atom is 0.408 e. The van der Waals surface area contributed by atoms with Gasteiger partial charge in [0.1, 0.15) is 17.7 Å². The lowest BCUT2D eigenvalue weighted by Crippen LogP contribution is -2.54. The summed E-state index contributed by atoms with van der Waals surface area (Å²) in [7, 11) is 0. The number of nitrogens with zero attached hydrogens (tertiary/aromatic N) is 1. The van der Waals surface area contributed by atoms with E-state index in [1.807, 2.05) is 54.6 Å². The van der Waals surface area contributed by atoms with Gasteiger partial charge in [-0.15, -0.1) is 0 Å². The molecule has 0 bridgehead atoms. The monoisotopic (exact) mass is 521 g/mol. The Morgan fingerprint density at radius 2 is 1.63 bits per heavy atom. The van der Waals surface area contributed by atoms with Crippen LogP contribution >= 0.6 is 0 Å². The van der Waals surface area contributed by atoms with Crippen molar-refractivity contribution in [2.45, 2.75) is 96.9 Å². The second-order valence-corrected chi connectivity index (χ2v) is 11.0. The van der Waals surface area contributed by atoms with E-state index >= 15 is 0 Å². The van der Waals surface area contributed by atoms with Crippen LogP contribution in [0.5, 0.6) is 0 Å². The Hall–Kier alpha value is -3.35. The lowest BCUT2D eigenvalue weighted by molar-refractivity contribution is -0.143. The zero-order valence-corrected chi connectivity index (χ0v) is 23.5. The molecule has 2 unspecified atom stereocenters. The van der Waals surface area contributed by atoms with Crippen molar-refractivity contribution in [3.63, 3.8) is 0 Å². The number of alkyl carbamates (subject to hydrolysis) is 1. The third kappa shape index (κ3) is 8.61. The molecule has 38 heavy (non-hydrogen) atoms. The summed E-state index contributed by atoms with van der Waals surface area (Å²) in [6, 6.07) is 15.8. The van der Waals surface area contributed by atoms with Crippen LogP contribution in [0, 0.1) is 0 Å². The van der Waals surface area contributed by atoms with E-state index in [1.54, 1.807) is 25.7 Å². The molecular weight excluding hydrogens is 478 g/mol. The molecule has 1 aliphatic carbocycles. The summed E-state index contributed by atoms with van der Waals surface area (Å²) in [6.07, 6.45) is 3.99. The molecule has 0 radical (unpaired) electrons. The Morgan fingerprint density at radius 1 is 0.974 bits per heavy atom. The van der Waals surface area contributed by atoms with Crippen molar-refractivity contribution >= 4 is 17.9 Å². The van der Waals surface area contributed by atoms with Gasteiger partial charge < -0.3 is 20.3 Å². The Morgan fingerprint density at radius 3 is 2.18 bits per heavy atom. The third-order valence-corrected chi connectivity index (χ3v) is 6.53. The van der Waals surface area contributed by atoms with Crippen molar-refractivity contribution in [2.75, 3.05) is 6.54 Å². The molecule has 0 saturated heterocycles. The predicted octanol–water partition coefficient (Wildman–Crippen LogP) is 5.33. The fraction of sp³-hybridized carbons (Fsp3) is 0.516. The van der Waals surface area contributed by atoms with Crippen LogP contribution in [0.3, 0.4) is 0 Å². The molecule has 7 nitrogen and oxygen atoms in total. The van der Waals surface area contributed by atoms with Crippen molar-refractivity contribution in [2.24, 2.45) is 0 Å². The van der Waals surface area contributed by atoms with Crippen LogP contribution in [-0.4, -0.2) is 47.0 Å². The molecule has 2 aromatic carbocycles. The van der Waals surface area contributed by atoms with Gasteiger partial charge in [0.2, 0.25) is 11.8 Å². The Bertz CT molecular complexity index is 1060. The number of carbonyl (C=O) groups excluding carboxylic acids is 3. The standard InChI is InChI=1S/C31H43N3O4/c1-6-8-20-32-28(35)27(24-16-14-22(7-2)15-17-24)34(25-18-19-25)29(36)26(21-23-12-10-9-11-13-23)33-30(37)38-31(3,4)5/h9-17,25-27H,6-8,18-21H2,1-5H3,(H,32,35)(H,33,37). The lowest BCUT2D eigenvalue weighted by atomic mass is 9.98. The van der Waals surface area contributed by atoms with Crippen molar-refractivity contribution in [3.05, 3.63) is 71.3 Å². The van der Waals surface area contributed by atoms with Crippen LogP contribution in [0.2, 0.25) is 0 Å². The number of amides is 3. The van der Waals surface area contributed by atoms with E-state index in [9.17, 15) is 14.4 Å². The largest absolute Gasteiger partial charge is 0.444 e. The number of aryl methyl sites for hydroxylation is 1. The van der Waals surface area contributed by atoms with Gasteiger partial charge in [0.25, 0.3) is 0 Å². The minimum Gasteiger partial charge on any atom is -0.444 e. The van der Waals surface area contributed by atoms with E-state index in [4.69, 9.17) is 4.74 Å². The number of nitrogens with one attached hydrogen (secondary N) is 2. The molecular formula is C31H43N3O4. The number of hydrogen-bond donors (Lipinski definition) is 2. The second-order valence-electron chi connectivity index (χ2n) is 11.0. The fourth-order valence-electron chi connectivity index (χ4n) is 4.41. The normalized spacial score (nSPS) is 14.8. The highest BCUT2D eigenvalue weighted by Gasteiger charge is 2.44. The van der Waals surface area contributed by atoms with E-state index < -0.39 is 23.8 Å². The van der Waals surface area contributed by atoms with Crippen LogP contribution in [0.25, 0.3) is 0 Å². The molecule has 1 aliphatic rings. The minimum atomic E-state index is -0.881. The van der Waals surface area contributed by atoms with Gasteiger partial charge in [-0.25, -0.2) is 4.79 Å². The van der Waals surface area contributed by atoms with Gasteiger partial charge in [-0.05, 0) is 63.1 Å². The summed E-state index contributed by atoms with van der Waals surface area (Å²) in [5, 5.41) is 5.86. The highest BCUT2D eigenvalue weighted by molar-refractivity contribution is 5.92. The van der Waals surface area contributed by atoms with Crippen molar-refractivity contribution in [3.8, 4) is 0 Å². The maximum atomic E-state index is 14.3. The fourth-order valence-corrected chi connectivity index (χ4v) is 4.41. The van der Waals surface area contributed by atoms with Gasteiger partial charge in [0.05, 0.1) is 0 Å². The van der Waals surface area contributed by atoms with Gasteiger partial charge in [0, 0.05) is 19.0 Å². The molecule has 7 heteroatoms. The summed E-state index contributed by atoms with van der Waals surface area (Å²) in [4.78, 5) is 42.4. The number of benzene rings is 2. The molecule has 1 fully saturated rings. The molecule has 1 saturated carbocycles. The van der Waals surface area contributed by atoms with Crippen molar-refractivity contribution in [1.29, 1.82) is 0 Å². The highest BCUT2D eigenvalue weighted by Crippen LogP contribution is 2.36. The topological polar surface area (TPSA) is 87.7 Å². The zero-order valence-electron chi connectivity index (χ0n) is 23.5. The smallest absolute Gasteiger partial charge is 0.408 e. The number of unbranched alkanes of at least 4 members (excludes halogenated alkanes) is 1. The van der Waals surface area contributed by atoms with Crippen molar-refractivity contribution < 1.29 is 19.1 Å². The zero-order chi connectivity index (χ0) is 27.7. The number of ether oxygens (including phenoxy) is 1. The molecule has 0 spiro atoms. The predicted molar refractivity (Wildman–Crippen MR) is 150 cm³/mol. The van der Waals surface area contributed by atoms with Gasteiger partial charge in [0.15, 0.2) is 0 Å². The van der Waals surface area contributed by atoms with Crippen LogP contribution in [0.4, 0.5) is 4.79 Å². The summed E-state index contributed by atoms with van der Waals surface area (Å²) in [6.45, 7) is 10.1. The van der Waals surface area contributed by atoms with Crippen molar-refractivity contribution in [1.82, 2.24) is 15.5 Å². The van der Waals surface area contributed by atoms with E-state index in [0.29, 0.717) is 13.0 Å².